The smallest absolute Gasteiger partial charge is 0.269 e. The highest BCUT2D eigenvalue weighted by molar-refractivity contribution is 5.83. The number of piperazine rings is 1. The lowest BCUT2D eigenvalue weighted by atomic mass is 9.83. The van der Waals surface area contributed by atoms with Crippen LogP contribution in [0.2, 0.25) is 0 Å². The van der Waals surface area contributed by atoms with Gasteiger partial charge in [-0.1, -0.05) is 12.1 Å². The number of rotatable bonds is 4. The first kappa shape index (κ1) is 19.4. The summed E-state index contributed by atoms with van der Waals surface area (Å²) in [6.45, 7) is 2.02. The molecule has 0 bridgehead atoms. The molecule has 2 aromatic rings. The molecule has 2 heterocycles. The Balaban J connectivity index is 1.49. The number of non-ortho nitro benzene ring substituents is 1. The minimum Gasteiger partial charge on any atom is -0.367 e. The average molecular weight is 417 g/mol. The van der Waals surface area contributed by atoms with Crippen molar-refractivity contribution in [3.63, 3.8) is 0 Å². The van der Waals surface area contributed by atoms with Crippen LogP contribution in [0.15, 0.2) is 42.5 Å². The zero-order valence-corrected chi connectivity index (χ0v) is 17.0. The molecule has 0 spiro atoms. The lowest BCUT2D eigenvalue weighted by Gasteiger charge is -2.49. The number of amides is 1. The Hall–Kier alpha value is -3.60. The second kappa shape index (κ2) is 7.58. The lowest BCUT2D eigenvalue weighted by molar-refractivity contribution is -0.384. The molecule has 0 radical (unpaired) electrons. The van der Waals surface area contributed by atoms with Crippen molar-refractivity contribution in [1.29, 1.82) is 5.26 Å². The molecular formula is C23H23N5O3. The molecule has 1 aliphatic carbocycles. The summed E-state index contributed by atoms with van der Waals surface area (Å²) in [4.78, 5) is 28.5. The summed E-state index contributed by atoms with van der Waals surface area (Å²) >= 11 is 0. The van der Waals surface area contributed by atoms with Crippen molar-refractivity contribution >= 4 is 23.0 Å². The Bertz CT molecular complexity index is 1090. The van der Waals surface area contributed by atoms with E-state index in [1.807, 2.05) is 30.3 Å². The van der Waals surface area contributed by atoms with Crippen molar-refractivity contribution in [1.82, 2.24) is 5.32 Å². The second-order valence-electron chi connectivity index (χ2n) is 8.50. The second-order valence-corrected chi connectivity index (χ2v) is 8.50. The number of hydrogen-bond donors (Lipinski definition) is 1. The monoisotopic (exact) mass is 417 g/mol. The molecule has 2 atom stereocenters. The van der Waals surface area contributed by atoms with Gasteiger partial charge in [0, 0.05) is 43.5 Å². The first-order valence-electron chi connectivity index (χ1n) is 10.6. The van der Waals surface area contributed by atoms with Crippen LogP contribution >= 0.6 is 0 Å². The van der Waals surface area contributed by atoms with Gasteiger partial charge in [-0.25, -0.2) is 0 Å². The van der Waals surface area contributed by atoms with E-state index in [1.54, 1.807) is 6.07 Å². The molecule has 1 saturated carbocycles. The molecule has 1 amide bonds. The molecule has 1 saturated heterocycles. The zero-order chi connectivity index (χ0) is 21.5. The van der Waals surface area contributed by atoms with E-state index in [0.29, 0.717) is 31.6 Å². The van der Waals surface area contributed by atoms with Crippen LogP contribution in [0.3, 0.4) is 0 Å². The van der Waals surface area contributed by atoms with E-state index in [2.05, 4.69) is 21.2 Å². The summed E-state index contributed by atoms with van der Waals surface area (Å²) in [6.07, 6.45) is 2.50. The molecule has 2 aromatic carbocycles. The summed E-state index contributed by atoms with van der Waals surface area (Å²) in [5.41, 5.74) is 3.40. The van der Waals surface area contributed by atoms with Gasteiger partial charge in [-0.05, 0) is 43.0 Å². The Kier molecular flexibility index (Phi) is 4.74. The minimum absolute atomic E-state index is 0.0186. The number of carbonyl (C=O) groups is 1. The van der Waals surface area contributed by atoms with E-state index in [0.717, 1.165) is 29.8 Å². The number of benzene rings is 2. The topological polar surface area (TPSA) is 103 Å². The molecule has 31 heavy (non-hydrogen) atoms. The van der Waals surface area contributed by atoms with Crippen molar-refractivity contribution in [2.75, 3.05) is 29.4 Å². The predicted molar refractivity (Wildman–Crippen MR) is 116 cm³/mol. The number of nitriles is 1. The third kappa shape index (κ3) is 3.56. The number of nitrogens with one attached hydrogen (secondary N) is 1. The van der Waals surface area contributed by atoms with Gasteiger partial charge < -0.3 is 15.1 Å². The van der Waals surface area contributed by atoms with Crippen molar-refractivity contribution in [3.05, 3.63) is 63.7 Å². The number of carbonyl (C=O) groups excluding carboxylic acids is 1. The highest BCUT2D eigenvalue weighted by atomic mass is 16.6. The van der Waals surface area contributed by atoms with E-state index in [1.165, 1.54) is 6.07 Å². The summed E-state index contributed by atoms with van der Waals surface area (Å²) in [7, 11) is 0. The van der Waals surface area contributed by atoms with E-state index in [4.69, 9.17) is 0 Å². The van der Waals surface area contributed by atoms with Crippen molar-refractivity contribution < 1.29 is 9.72 Å². The van der Waals surface area contributed by atoms with Crippen LogP contribution in [0.25, 0.3) is 0 Å². The fourth-order valence-electron chi connectivity index (χ4n) is 4.82. The number of hydrogen-bond acceptors (Lipinski definition) is 6. The van der Waals surface area contributed by atoms with Gasteiger partial charge in [0.2, 0.25) is 5.91 Å². The minimum atomic E-state index is -0.387. The molecule has 8 nitrogen and oxygen atoms in total. The first-order chi connectivity index (χ1) is 15.0. The molecule has 2 aliphatic heterocycles. The average Bonchev–Trinajstić information content (AvgIpc) is 3.61. The van der Waals surface area contributed by atoms with Crippen LogP contribution in [-0.2, 0) is 11.2 Å². The van der Waals surface area contributed by atoms with Crippen LogP contribution in [0.5, 0.6) is 0 Å². The predicted octanol–water partition coefficient (Wildman–Crippen LogP) is 2.61. The van der Waals surface area contributed by atoms with Crippen LogP contribution in [0.1, 0.15) is 24.0 Å². The lowest BCUT2D eigenvalue weighted by Crippen LogP contribution is -2.61. The van der Waals surface area contributed by atoms with Gasteiger partial charge in [-0.2, -0.15) is 5.26 Å². The van der Waals surface area contributed by atoms with Crippen molar-refractivity contribution in [3.8, 4) is 6.07 Å². The molecular weight excluding hydrogens is 394 g/mol. The SMILES string of the molecule is N#Cc1ccccc1N1CCN2c3ccc([N+](=O)[O-])cc3C[C@@H](C(=O)NC3CC3)[C@@H]2C1. The first-order valence-corrected chi connectivity index (χ1v) is 10.6. The maximum atomic E-state index is 13.2. The van der Waals surface area contributed by atoms with E-state index in [9.17, 15) is 20.2 Å². The van der Waals surface area contributed by atoms with Gasteiger partial charge >= 0.3 is 0 Å². The summed E-state index contributed by atoms with van der Waals surface area (Å²) in [6, 6.07) is 15.0. The van der Waals surface area contributed by atoms with Crippen LogP contribution in [0, 0.1) is 27.4 Å². The van der Waals surface area contributed by atoms with Crippen LogP contribution in [-0.4, -0.2) is 42.5 Å². The largest absolute Gasteiger partial charge is 0.367 e. The summed E-state index contributed by atoms with van der Waals surface area (Å²) in [5.74, 6) is -0.280. The third-order valence-corrected chi connectivity index (χ3v) is 6.53. The van der Waals surface area contributed by atoms with Gasteiger partial charge in [-0.15, -0.1) is 0 Å². The van der Waals surface area contributed by atoms with Gasteiger partial charge in [-0.3, -0.25) is 14.9 Å². The quantitative estimate of drug-likeness (QED) is 0.606. The van der Waals surface area contributed by atoms with Gasteiger partial charge in [0.1, 0.15) is 6.07 Å². The normalized spacial score (nSPS) is 22.2. The number of nitro benzene ring substituents is 1. The van der Waals surface area contributed by atoms with Crippen molar-refractivity contribution in [2.45, 2.75) is 31.3 Å². The molecule has 0 unspecified atom stereocenters. The van der Waals surface area contributed by atoms with E-state index in [-0.39, 0.29) is 34.5 Å². The molecule has 158 valence electrons. The Morgan fingerprint density at radius 3 is 2.71 bits per heavy atom. The highest BCUT2D eigenvalue weighted by Gasteiger charge is 2.43. The summed E-state index contributed by atoms with van der Waals surface area (Å²) < 4.78 is 0. The Morgan fingerprint density at radius 2 is 1.97 bits per heavy atom. The highest BCUT2D eigenvalue weighted by Crippen LogP contribution is 2.39. The maximum absolute atomic E-state index is 13.2. The standard InChI is InChI=1S/C23H23N5O3/c24-13-15-3-1-2-4-20(15)26-9-10-27-21-8-7-18(28(30)31)11-16(21)12-19(22(27)14-26)23(29)25-17-5-6-17/h1-4,7-8,11,17,19,22H,5-6,9-10,12,14H2,(H,25,29)/t19-,22+/m1/s1. The Morgan fingerprint density at radius 1 is 1.16 bits per heavy atom. The molecule has 1 N–H and O–H groups in total. The third-order valence-electron chi connectivity index (χ3n) is 6.53. The molecule has 5 rings (SSSR count). The van der Waals surface area contributed by atoms with Gasteiger partial charge in [0.05, 0.1) is 28.1 Å². The van der Waals surface area contributed by atoms with Crippen LogP contribution in [0.4, 0.5) is 17.1 Å². The number of fused-ring (bicyclic) bond motifs is 3. The number of para-hydroxylation sites is 1. The van der Waals surface area contributed by atoms with Crippen molar-refractivity contribution in [2.24, 2.45) is 5.92 Å². The fourth-order valence-corrected chi connectivity index (χ4v) is 4.82. The molecule has 3 aliphatic rings. The zero-order valence-electron chi connectivity index (χ0n) is 17.0. The van der Waals surface area contributed by atoms with Gasteiger partial charge in [0.25, 0.3) is 5.69 Å². The number of nitro groups is 1. The molecule has 0 aromatic heterocycles. The van der Waals surface area contributed by atoms with E-state index >= 15 is 0 Å². The Labute approximate surface area is 180 Å². The molecule has 2 fully saturated rings. The van der Waals surface area contributed by atoms with E-state index < -0.39 is 0 Å². The number of nitrogens with zero attached hydrogens (tertiary/aromatic N) is 4. The summed E-state index contributed by atoms with van der Waals surface area (Å²) in [5, 5.41) is 23.9. The van der Waals surface area contributed by atoms with Crippen LogP contribution < -0.4 is 15.1 Å². The maximum Gasteiger partial charge on any atom is 0.269 e. The molecule has 8 heteroatoms. The number of anilines is 2. The van der Waals surface area contributed by atoms with Gasteiger partial charge in [0.15, 0.2) is 0 Å². The fraction of sp³-hybridized carbons (Fsp3) is 0.391.